The van der Waals surface area contributed by atoms with Crippen LogP contribution in [0.25, 0.3) is 0 Å². The summed E-state index contributed by atoms with van der Waals surface area (Å²) in [6, 6.07) is 0.282. The molecule has 0 radical (unpaired) electrons. The lowest BCUT2D eigenvalue weighted by molar-refractivity contribution is 0.295. The minimum Gasteiger partial charge on any atom is -0.338 e. The van der Waals surface area contributed by atoms with Crippen LogP contribution in [0.1, 0.15) is 63.2 Å². The molecule has 1 N–H and O–H groups in total. The summed E-state index contributed by atoms with van der Waals surface area (Å²) in [5.74, 6) is 2.01. The fraction of sp³-hybridized carbons (Fsp3) is 0.818. The average molecular weight is 209 g/mol. The lowest BCUT2D eigenvalue weighted by atomic mass is 10.1. The molecule has 4 nitrogen and oxygen atoms in total. The summed E-state index contributed by atoms with van der Waals surface area (Å²) >= 11 is 0. The molecule has 2 heterocycles. The Balaban J connectivity index is 2.05. The van der Waals surface area contributed by atoms with E-state index in [0.29, 0.717) is 5.92 Å². The summed E-state index contributed by atoms with van der Waals surface area (Å²) in [6.07, 6.45) is 4.67. The molecule has 0 aliphatic carbocycles. The molecule has 0 saturated carbocycles. The van der Waals surface area contributed by atoms with Crippen molar-refractivity contribution in [2.24, 2.45) is 0 Å². The topological polar surface area (TPSA) is 51.0 Å². The number of rotatable bonds is 3. The molecule has 0 bridgehead atoms. The van der Waals surface area contributed by atoms with Crippen LogP contribution in [0.4, 0.5) is 0 Å². The van der Waals surface area contributed by atoms with Crippen molar-refractivity contribution < 1.29 is 4.52 Å². The Bertz CT molecular complexity index is 305. The largest absolute Gasteiger partial charge is 0.338 e. The van der Waals surface area contributed by atoms with E-state index in [1.807, 2.05) is 0 Å². The van der Waals surface area contributed by atoms with Crippen molar-refractivity contribution in [1.82, 2.24) is 15.5 Å². The predicted molar refractivity (Wildman–Crippen MR) is 57.6 cm³/mol. The summed E-state index contributed by atoms with van der Waals surface area (Å²) < 4.78 is 5.30. The lowest BCUT2D eigenvalue weighted by Gasteiger charge is -2.19. The van der Waals surface area contributed by atoms with Gasteiger partial charge in [0.25, 0.3) is 0 Å². The molecule has 4 heteroatoms. The van der Waals surface area contributed by atoms with Crippen LogP contribution < -0.4 is 5.32 Å². The smallest absolute Gasteiger partial charge is 0.243 e. The number of hydrogen-bond acceptors (Lipinski definition) is 4. The lowest BCUT2D eigenvalue weighted by Crippen LogP contribution is -2.27. The first-order chi connectivity index (χ1) is 7.31. The van der Waals surface area contributed by atoms with Gasteiger partial charge in [0.1, 0.15) is 0 Å². The number of piperidine rings is 1. The number of nitrogens with one attached hydrogen (secondary N) is 1. The normalized spacial score (nSPS) is 24.0. The molecule has 0 spiro atoms. The van der Waals surface area contributed by atoms with Crippen molar-refractivity contribution in [2.45, 2.75) is 51.5 Å². The van der Waals surface area contributed by atoms with Crippen molar-refractivity contribution in [1.29, 1.82) is 0 Å². The molecule has 0 amide bonds. The summed E-state index contributed by atoms with van der Waals surface area (Å²) in [6.45, 7) is 5.33. The molecule has 1 aromatic heterocycles. The fourth-order valence-corrected chi connectivity index (χ4v) is 1.83. The summed E-state index contributed by atoms with van der Waals surface area (Å²) in [4.78, 5) is 4.46. The highest BCUT2D eigenvalue weighted by Gasteiger charge is 2.21. The maximum Gasteiger partial charge on any atom is 0.243 e. The van der Waals surface area contributed by atoms with Crippen molar-refractivity contribution in [2.75, 3.05) is 6.54 Å². The maximum absolute atomic E-state index is 5.30. The van der Waals surface area contributed by atoms with Gasteiger partial charge >= 0.3 is 0 Å². The van der Waals surface area contributed by atoms with Gasteiger partial charge in [-0.1, -0.05) is 25.4 Å². The van der Waals surface area contributed by atoms with Crippen LogP contribution in [0, 0.1) is 0 Å². The van der Waals surface area contributed by atoms with Crippen LogP contribution in [0.3, 0.4) is 0 Å². The van der Waals surface area contributed by atoms with Gasteiger partial charge < -0.3 is 9.84 Å². The Morgan fingerprint density at radius 1 is 1.53 bits per heavy atom. The number of aromatic nitrogens is 2. The SMILES string of the molecule is CCC(C)c1noc(C2CCCCN2)n1. The number of nitrogens with zero attached hydrogens (tertiary/aromatic N) is 2. The van der Waals surface area contributed by atoms with Gasteiger partial charge in [-0.2, -0.15) is 4.98 Å². The molecular weight excluding hydrogens is 190 g/mol. The third kappa shape index (κ3) is 2.37. The van der Waals surface area contributed by atoms with Crippen LogP contribution in [-0.4, -0.2) is 16.7 Å². The first-order valence-corrected chi connectivity index (χ1v) is 5.88. The van der Waals surface area contributed by atoms with E-state index in [-0.39, 0.29) is 6.04 Å². The molecule has 2 rings (SSSR count). The minimum atomic E-state index is 0.282. The highest BCUT2D eigenvalue weighted by Crippen LogP contribution is 2.23. The zero-order chi connectivity index (χ0) is 10.7. The molecule has 1 saturated heterocycles. The van der Waals surface area contributed by atoms with E-state index in [1.165, 1.54) is 12.8 Å². The summed E-state index contributed by atoms with van der Waals surface area (Å²) in [5, 5.41) is 7.45. The first kappa shape index (κ1) is 10.6. The molecule has 15 heavy (non-hydrogen) atoms. The van der Waals surface area contributed by atoms with Gasteiger partial charge in [-0.3, -0.25) is 0 Å². The minimum absolute atomic E-state index is 0.282. The molecule has 1 fully saturated rings. The fourth-order valence-electron chi connectivity index (χ4n) is 1.83. The van der Waals surface area contributed by atoms with Crippen molar-refractivity contribution in [3.8, 4) is 0 Å². The second-order valence-electron chi connectivity index (χ2n) is 4.30. The van der Waals surface area contributed by atoms with Gasteiger partial charge in [0.2, 0.25) is 5.89 Å². The molecule has 2 unspecified atom stereocenters. The van der Waals surface area contributed by atoms with E-state index >= 15 is 0 Å². The second kappa shape index (κ2) is 4.75. The van der Waals surface area contributed by atoms with Crippen LogP contribution in [-0.2, 0) is 0 Å². The van der Waals surface area contributed by atoms with Gasteiger partial charge in [0.15, 0.2) is 5.82 Å². The van der Waals surface area contributed by atoms with Crippen LogP contribution in [0.5, 0.6) is 0 Å². The summed E-state index contributed by atoms with van der Waals surface area (Å²) in [5.41, 5.74) is 0. The molecule has 1 aromatic rings. The van der Waals surface area contributed by atoms with E-state index < -0.39 is 0 Å². The highest BCUT2D eigenvalue weighted by molar-refractivity contribution is 4.97. The highest BCUT2D eigenvalue weighted by atomic mass is 16.5. The Kier molecular flexibility index (Phi) is 3.36. The third-order valence-corrected chi connectivity index (χ3v) is 3.12. The number of hydrogen-bond donors (Lipinski definition) is 1. The zero-order valence-corrected chi connectivity index (χ0v) is 9.49. The zero-order valence-electron chi connectivity index (χ0n) is 9.49. The van der Waals surface area contributed by atoms with E-state index in [1.54, 1.807) is 0 Å². The van der Waals surface area contributed by atoms with Gasteiger partial charge in [-0.15, -0.1) is 0 Å². The van der Waals surface area contributed by atoms with Crippen molar-refractivity contribution >= 4 is 0 Å². The van der Waals surface area contributed by atoms with E-state index in [4.69, 9.17) is 4.52 Å². The second-order valence-corrected chi connectivity index (χ2v) is 4.30. The van der Waals surface area contributed by atoms with Crippen LogP contribution in [0.15, 0.2) is 4.52 Å². The van der Waals surface area contributed by atoms with Gasteiger partial charge in [0, 0.05) is 5.92 Å². The maximum atomic E-state index is 5.30. The van der Waals surface area contributed by atoms with Gasteiger partial charge in [-0.05, 0) is 25.8 Å². The quantitative estimate of drug-likeness (QED) is 0.830. The van der Waals surface area contributed by atoms with Gasteiger partial charge in [0.05, 0.1) is 6.04 Å². The summed E-state index contributed by atoms with van der Waals surface area (Å²) in [7, 11) is 0. The Morgan fingerprint density at radius 2 is 2.40 bits per heavy atom. The first-order valence-electron chi connectivity index (χ1n) is 5.88. The Labute approximate surface area is 90.4 Å². The van der Waals surface area contributed by atoms with E-state index in [0.717, 1.165) is 31.1 Å². The molecule has 84 valence electrons. The van der Waals surface area contributed by atoms with E-state index in [9.17, 15) is 0 Å². The molecular formula is C11H19N3O. The van der Waals surface area contributed by atoms with Crippen LogP contribution >= 0.6 is 0 Å². The van der Waals surface area contributed by atoms with Gasteiger partial charge in [-0.25, -0.2) is 0 Å². The standard InChI is InChI=1S/C11H19N3O/c1-3-8(2)10-13-11(15-14-10)9-6-4-5-7-12-9/h8-9,12H,3-7H2,1-2H3. The molecule has 1 aliphatic heterocycles. The average Bonchev–Trinajstić information content (AvgIpc) is 2.78. The van der Waals surface area contributed by atoms with Crippen molar-refractivity contribution in [3.05, 3.63) is 11.7 Å². The van der Waals surface area contributed by atoms with E-state index in [2.05, 4.69) is 29.3 Å². The molecule has 1 aliphatic rings. The Morgan fingerprint density at radius 3 is 3.07 bits per heavy atom. The monoisotopic (exact) mass is 209 g/mol. The van der Waals surface area contributed by atoms with Crippen molar-refractivity contribution in [3.63, 3.8) is 0 Å². The predicted octanol–water partition coefficient (Wildman–Crippen LogP) is 2.40. The Hall–Kier alpha value is -0.900. The van der Waals surface area contributed by atoms with Crippen LogP contribution in [0.2, 0.25) is 0 Å². The molecule has 2 atom stereocenters. The molecule has 0 aromatic carbocycles. The third-order valence-electron chi connectivity index (χ3n) is 3.12.